The van der Waals surface area contributed by atoms with Crippen LogP contribution < -0.4 is 4.74 Å². The second-order valence-electron chi connectivity index (χ2n) is 4.25. The summed E-state index contributed by atoms with van der Waals surface area (Å²) < 4.78 is 28.8. The lowest BCUT2D eigenvalue weighted by Gasteiger charge is -2.17. The SMILES string of the molecule is COc1cccc(S(=O)(=O)CC(C)(C)O)c1. The molecule has 0 spiro atoms. The van der Waals surface area contributed by atoms with Crippen molar-refractivity contribution in [2.75, 3.05) is 12.9 Å². The van der Waals surface area contributed by atoms with Gasteiger partial charge in [-0.3, -0.25) is 0 Å². The van der Waals surface area contributed by atoms with Crippen LogP contribution in [0.3, 0.4) is 0 Å². The molecule has 90 valence electrons. The third kappa shape index (κ3) is 3.50. The average Bonchev–Trinajstić information content (AvgIpc) is 2.14. The fourth-order valence-corrected chi connectivity index (χ4v) is 3.02. The van der Waals surface area contributed by atoms with Crippen LogP contribution in [0, 0.1) is 0 Å². The highest BCUT2D eigenvalue weighted by Crippen LogP contribution is 2.20. The van der Waals surface area contributed by atoms with Crippen molar-refractivity contribution < 1.29 is 18.3 Å². The number of hydrogen-bond acceptors (Lipinski definition) is 4. The lowest BCUT2D eigenvalue weighted by Crippen LogP contribution is -2.30. The first-order valence-electron chi connectivity index (χ1n) is 4.84. The van der Waals surface area contributed by atoms with Crippen molar-refractivity contribution in [3.8, 4) is 5.75 Å². The van der Waals surface area contributed by atoms with Gasteiger partial charge in [-0.2, -0.15) is 0 Å². The molecule has 0 aromatic heterocycles. The molecule has 0 aliphatic heterocycles. The molecule has 0 bridgehead atoms. The summed E-state index contributed by atoms with van der Waals surface area (Å²) in [5.41, 5.74) is -1.25. The summed E-state index contributed by atoms with van der Waals surface area (Å²) in [5.74, 6) is 0.171. The van der Waals surface area contributed by atoms with Crippen molar-refractivity contribution in [2.45, 2.75) is 24.3 Å². The summed E-state index contributed by atoms with van der Waals surface area (Å²) in [6, 6.07) is 6.21. The fraction of sp³-hybridized carbons (Fsp3) is 0.455. The normalized spacial score (nSPS) is 12.5. The van der Waals surface area contributed by atoms with Gasteiger partial charge in [0.15, 0.2) is 9.84 Å². The first-order chi connectivity index (χ1) is 7.24. The van der Waals surface area contributed by atoms with Gasteiger partial charge >= 0.3 is 0 Å². The number of ether oxygens (including phenoxy) is 1. The molecule has 0 amide bonds. The van der Waals surface area contributed by atoms with E-state index in [4.69, 9.17) is 4.74 Å². The predicted molar refractivity (Wildman–Crippen MR) is 61.3 cm³/mol. The summed E-state index contributed by atoms with van der Waals surface area (Å²) in [6.45, 7) is 2.93. The van der Waals surface area contributed by atoms with Gasteiger partial charge in [0.05, 0.1) is 23.4 Å². The molecule has 1 N–H and O–H groups in total. The molecule has 0 aliphatic carbocycles. The van der Waals surface area contributed by atoms with Gasteiger partial charge < -0.3 is 9.84 Å². The van der Waals surface area contributed by atoms with E-state index in [9.17, 15) is 13.5 Å². The minimum absolute atomic E-state index is 0.161. The molecule has 4 nitrogen and oxygen atoms in total. The third-order valence-electron chi connectivity index (χ3n) is 1.94. The second kappa shape index (κ2) is 4.43. The molecular formula is C11H16O4S. The van der Waals surface area contributed by atoms with E-state index in [-0.39, 0.29) is 10.6 Å². The Kier molecular flexibility index (Phi) is 3.60. The van der Waals surface area contributed by atoms with Gasteiger partial charge in [0.25, 0.3) is 0 Å². The van der Waals surface area contributed by atoms with E-state index in [0.29, 0.717) is 5.75 Å². The molecule has 1 aromatic carbocycles. The quantitative estimate of drug-likeness (QED) is 0.865. The lowest BCUT2D eigenvalue weighted by molar-refractivity contribution is 0.105. The molecule has 1 aromatic rings. The van der Waals surface area contributed by atoms with Crippen LogP contribution in [0.25, 0.3) is 0 Å². The Morgan fingerprint density at radius 2 is 2.00 bits per heavy atom. The second-order valence-corrected chi connectivity index (χ2v) is 6.24. The summed E-state index contributed by atoms with van der Waals surface area (Å²) >= 11 is 0. The summed E-state index contributed by atoms with van der Waals surface area (Å²) in [6.07, 6.45) is 0. The van der Waals surface area contributed by atoms with Gasteiger partial charge in [-0.05, 0) is 32.0 Å². The Hall–Kier alpha value is -1.07. The number of aliphatic hydroxyl groups is 1. The van der Waals surface area contributed by atoms with Crippen LogP contribution in [0.5, 0.6) is 5.75 Å². The third-order valence-corrected chi connectivity index (χ3v) is 4.00. The molecule has 0 saturated carbocycles. The van der Waals surface area contributed by atoms with E-state index in [1.165, 1.54) is 33.1 Å². The van der Waals surface area contributed by atoms with Gasteiger partial charge in [0, 0.05) is 0 Å². The van der Waals surface area contributed by atoms with Crippen LogP contribution in [0.2, 0.25) is 0 Å². The standard InChI is InChI=1S/C11H16O4S/c1-11(2,12)8-16(13,14)10-6-4-5-9(7-10)15-3/h4-7,12H,8H2,1-3H3. The Labute approximate surface area is 95.8 Å². The molecule has 0 heterocycles. The van der Waals surface area contributed by atoms with Crippen LogP contribution in [0.15, 0.2) is 29.2 Å². The van der Waals surface area contributed by atoms with Crippen LogP contribution in [0.4, 0.5) is 0 Å². The number of benzene rings is 1. The van der Waals surface area contributed by atoms with E-state index in [2.05, 4.69) is 0 Å². The average molecular weight is 244 g/mol. The molecule has 0 unspecified atom stereocenters. The van der Waals surface area contributed by atoms with Gasteiger partial charge in [-0.25, -0.2) is 8.42 Å². The maximum Gasteiger partial charge on any atom is 0.181 e. The zero-order valence-corrected chi connectivity index (χ0v) is 10.4. The van der Waals surface area contributed by atoms with Crippen LogP contribution in [0.1, 0.15) is 13.8 Å². The highest BCUT2D eigenvalue weighted by molar-refractivity contribution is 7.91. The topological polar surface area (TPSA) is 63.6 Å². The van der Waals surface area contributed by atoms with Gasteiger partial charge in [-0.1, -0.05) is 6.07 Å². The minimum atomic E-state index is -3.48. The molecule has 0 saturated heterocycles. The van der Waals surface area contributed by atoms with E-state index in [1.807, 2.05) is 0 Å². The highest BCUT2D eigenvalue weighted by atomic mass is 32.2. The first kappa shape index (κ1) is 13.0. The highest BCUT2D eigenvalue weighted by Gasteiger charge is 2.25. The van der Waals surface area contributed by atoms with Crippen LogP contribution >= 0.6 is 0 Å². The Balaban J connectivity index is 3.08. The smallest absolute Gasteiger partial charge is 0.181 e. The minimum Gasteiger partial charge on any atom is -0.497 e. The van der Waals surface area contributed by atoms with Crippen molar-refractivity contribution in [3.05, 3.63) is 24.3 Å². The van der Waals surface area contributed by atoms with E-state index >= 15 is 0 Å². The van der Waals surface area contributed by atoms with Crippen LogP contribution in [-0.2, 0) is 9.84 Å². The van der Waals surface area contributed by atoms with Crippen molar-refractivity contribution in [1.29, 1.82) is 0 Å². The van der Waals surface area contributed by atoms with Crippen molar-refractivity contribution in [1.82, 2.24) is 0 Å². The number of rotatable bonds is 4. The maximum atomic E-state index is 11.9. The Bertz CT molecular complexity index is 457. The molecule has 0 fully saturated rings. The van der Waals surface area contributed by atoms with Gasteiger partial charge in [0.1, 0.15) is 5.75 Å². The molecule has 0 radical (unpaired) electrons. The van der Waals surface area contributed by atoms with Crippen LogP contribution in [-0.4, -0.2) is 32.0 Å². The molecule has 0 aliphatic rings. The van der Waals surface area contributed by atoms with Crippen molar-refractivity contribution in [3.63, 3.8) is 0 Å². The molecule has 0 atom stereocenters. The van der Waals surface area contributed by atoms with E-state index in [1.54, 1.807) is 12.1 Å². The maximum absolute atomic E-state index is 11.9. The van der Waals surface area contributed by atoms with E-state index < -0.39 is 15.4 Å². The van der Waals surface area contributed by atoms with Gasteiger partial charge in [-0.15, -0.1) is 0 Å². The first-order valence-corrected chi connectivity index (χ1v) is 6.49. The fourth-order valence-electron chi connectivity index (χ4n) is 1.34. The number of hydrogen-bond donors (Lipinski definition) is 1. The summed E-state index contributed by atoms with van der Waals surface area (Å²) in [5, 5.41) is 9.53. The summed E-state index contributed by atoms with van der Waals surface area (Å²) in [7, 11) is -2.01. The molecule has 16 heavy (non-hydrogen) atoms. The number of methoxy groups -OCH3 is 1. The monoisotopic (exact) mass is 244 g/mol. The lowest BCUT2D eigenvalue weighted by atomic mass is 10.2. The summed E-state index contributed by atoms with van der Waals surface area (Å²) in [4.78, 5) is 0.161. The zero-order chi connectivity index (χ0) is 12.4. The Morgan fingerprint density at radius 3 is 2.50 bits per heavy atom. The molecule has 1 rings (SSSR count). The zero-order valence-electron chi connectivity index (χ0n) is 9.60. The molecule has 5 heteroatoms. The van der Waals surface area contributed by atoms with E-state index in [0.717, 1.165) is 0 Å². The molecular weight excluding hydrogens is 228 g/mol. The van der Waals surface area contributed by atoms with Gasteiger partial charge in [0.2, 0.25) is 0 Å². The largest absolute Gasteiger partial charge is 0.497 e. The predicted octanol–water partition coefficient (Wildman–Crippen LogP) is 1.24. The Morgan fingerprint density at radius 1 is 1.38 bits per heavy atom. The van der Waals surface area contributed by atoms with Crippen molar-refractivity contribution in [2.24, 2.45) is 0 Å². The number of sulfone groups is 1. The van der Waals surface area contributed by atoms with Crippen molar-refractivity contribution >= 4 is 9.84 Å².